The van der Waals surface area contributed by atoms with Crippen molar-refractivity contribution < 1.29 is 33.8 Å². The second-order valence-corrected chi connectivity index (χ2v) is 16.5. The van der Waals surface area contributed by atoms with Crippen LogP contribution in [0.25, 0.3) is 0 Å². The number of nitrogens with zero attached hydrogens (tertiary/aromatic N) is 4. The number of aliphatic hydroxyl groups excluding tert-OH is 1. The fraction of sp³-hybridized carbons (Fsp3) is 0.756. The van der Waals surface area contributed by atoms with Crippen molar-refractivity contribution in [1.29, 1.82) is 0 Å². The second kappa shape index (κ2) is 20.6. The van der Waals surface area contributed by atoms with Crippen LogP contribution in [0.15, 0.2) is 30.3 Å². The number of aliphatic hydroxyl groups is 1. The SMILES string of the molecule is CC[C@H](C)[C@@H]([C@@H](CC(=O)N1CCC[C@H]1[C@H](OC)[C@@H](C)C(=O)N[C@H](CO)Cc1ccccc1)OC)N(C)C(=O)[C@@H](NC(=O)N1CCN(C)CC1(C)C)C(C)C. The molecule has 2 saturated heterocycles. The highest BCUT2D eigenvalue weighted by Crippen LogP contribution is 2.30. The molecule has 54 heavy (non-hydrogen) atoms. The van der Waals surface area contributed by atoms with E-state index in [1.54, 1.807) is 33.1 Å². The Labute approximate surface area is 324 Å². The lowest BCUT2D eigenvalue weighted by Gasteiger charge is -2.46. The van der Waals surface area contributed by atoms with Crippen molar-refractivity contribution in [2.24, 2.45) is 17.8 Å². The van der Waals surface area contributed by atoms with E-state index in [1.807, 2.05) is 74.9 Å². The van der Waals surface area contributed by atoms with Crippen LogP contribution in [0.4, 0.5) is 4.79 Å². The first-order valence-corrected chi connectivity index (χ1v) is 19.8. The maximum absolute atomic E-state index is 14.3. The molecule has 2 fully saturated rings. The maximum Gasteiger partial charge on any atom is 0.318 e. The van der Waals surface area contributed by atoms with Crippen LogP contribution < -0.4 is 10.6 Å². The molecule has 306 valence electrons. The summed E-state index contributed by atoms with van der Waals surface area (Å²) in [5, 5.41) is 16.1. The summed E-state index contributed by atoms with van der Waals surface area (Å²) in [5.41, 5.74) is 0.616. The summed E-state index contributed by atoms with van der Waals surface area (Å²) in [6, 6.07) is 7.44. The van der Waals surface area contributed by atoms with Crippen molar-refractivity contribution >= 4 is 23.8 Å². The number of likely N-dealkylation sites (tertiary alicyclic amines) is 1. The van der Waals surface area contributed by atoms with Gasteiger partial charge in [-0.15, -0.1) is 0 Å². The van der Waals surface area contributed by atoms with Crippen LogP contribution in [0.3, 0.4) is 0 Å². The van der Waals surface area contributed by atoms with Crippen LogP contribution in [0.2, 0.25) is 0 Å². The largest absolute Gasteiger partial charge is 0.394 e. The molecule has 0 aromatic heterocycles. The van der Waals surface area contributed by atoms with Crippen LogP contribution in [-0.2, 0) is 30.3 Å². The van der Waals surface area contributed by atoms with Gasteiger partial charge in [0.1, 0.15) is 6.04 Å². The Hall–Kier alpha value is -3.26. The number of methoxy groups -OCH3 is 2. The van der Waals surface area contributed by atoms with E-state index in [4.69, 9.17) is 9.47 Å². The van der Waals surface area contributed by atoms with Gasteiger partial charge in [-0.1, -0.05) is 71.4 Å². The molecule has 0 unspecified atom stereocenters. The smallest absolute Gasteiger partial charge is 0.318 e. The Balaban J connectivity index is 1.75. The second-order valence-electron chi connectivity index (χ2n) is 16.5. The number of hydrogen-bond acceptors (Lipinski definition) is 8. The molecule has 0 saturated carbocycles. The number of benzene rings is 1. The highest BCUT2D eigenvalue weighted by Gasteiger charge is 2.44. The average molecular weight is 759 g/mol. The lowest BCUT2D eigenvalue weighted by molar-refractivity contribution is -0.147. The molecular weight excluding hydrogens is 688 g/mol. The van der Waals surface area contributed by atoms with Gasteiger partial charge in [-0.2, -0.15) is 0 Å². The van der Waals surface area contributed by atoms with Crippen molar-refractivity contribution in [3.05, 3.63) is 35.9 Å². The van der Waals surface area contributed by atoms with Crippen molar-refractivity contribution in [1.82, 2.24) is 30.2 Å². The number of ether oxygens (including phenoxy) is 2. The fourth-order valence-corrected chi connectivity index (χ4v) is 8.42. The van der Waals surface area contributed by atoms with E-state index >= 15 is 0 Å². The minimum Gasteiger partial charge on any atom is -0.394 e. The fourth-order valence-electron chi connectivity index (χ4n) is 8.42. The molecule has 13 heteroatoms. The van der Waals surface area contributed by atoms with Gasteiger partial charge in [0.05, 0.1) is 54.8 Å². The summed E-state index contributed by atoms with van der Waals surface area (Å²) in [4.78, 5) is 63.2. The lowest BCUT2D eigenvalue weighted by atomic mass is 9.89. The number of piperazine rings is 1. The molecule has 0 bridgehead atoms. The Morgan fingerprint density at radius 2 is 1.67 bits per heavy atom. The van der Waals surface area contributed by atoms with E-state index in [9.17, 15) is 24.3 Å². The number of rotatable bonds is 18. The molecule has 3 N–H and O–H groups in total. The van der Waals surface area contributed by atoms with Gasteiger partial charge in [-0.3, -0.25) is 14.4 Å². The van der Waals surface area contributed by atoms with Crippen LogP contribution in [-0.4, -0.2) is 151 Å². The summed E-state index contributed by atoms with van der Waals surface area (Å²) in [6.45, 7) is 16.2. The van der Waals surface area contributed by atoms with Gasteiger partial charge in [0, 0.05) is 47.4 Å². The zero-order valence-electron chi connectivity index (χ0n) is 34.8. The molecule has 2 heterocycles. The Morgan fingerprint density at radius 3 is 2.22 bits per heavy atom. The highest BCUT2D eigenvalue weighted by atomic mass is 16.5. The predicted molar refractivity (Wildman–Crippen MR) is 211 cm³/mol. The summed E-state index contributed by atoms with van der Waals surface area (Å²) in [7, 11) is 6.92. The first kappa shape index (κ1) is 45.1. The Morgan fingerprint density at radius 1 is 1.00 bits per heavy atom. The Kier molecular flexibility index (Phi) is 17.2. The molecule has 13 nitrogen and oxygen atoms in total. The van der Waals surface area contributed by atoms with E-state index in [0.717, 1.165) is 31.5 Å². The summed E-state index contributed by atoms with van der Waals surface area (Å²) < 4.78 is 12.0. The third kappa shape index (κ3) is 11.4. The van der Waals surface area contributed by atoms with Gasteiger partial charge in [-0.05, 0) is 57.6 Å². The van der Waals surface area contributed by atoms with Crippen LogP contribution in [0, 0.1) is 17.8 Å². The summed E-state index contributed by atoms with van der Waals surface area (Å²) >= 11 is 0. The number of hydrogen-bond donors (Lipinski definition) is 3. The zero-order valence-corrected chi connectivity index (χ0v) is 34.8. The molecular formula is C41H70N6O7. The van der Waals surface area contributed by atoms with E-state index in [2.05, 4.69) is 29.4 Å². The zero-order chi connectivity index (χ0) is 40.3. The van der Waals surface area contributed by atoms with Crippen molar-refractivity contribution in [3.63, 3.8) is 0 Å². The molecule has 1 aromatic rings. The minimum absolute atomic E-state index is 0.0167. The number of carbonyl (C=O) groups excluding carboxylic acids is 4. The molecule has 1 aromatic carbocycles. The van der Waals surface area contributed by atoms with E-state index < -0.39 is 41.8 Å². The maximum atomic E-state index is 14.3. The quantitative estimate of drug-likeness (QED) is 0.207. The van der Waals surface area contributed by atoms with Crippen LogP contribution >= 0.6 is 0 Å². The normalized spacial score (nSPS) is 21.5. The molecule has 0 aliphatic carbocycles. The number of urea groups is 1. The summed E-state index contributed by atoms with van der Waals surface area (Å²) in [6.07, 6.45) is 1.54. The van der Waals surface area contributed by atoms with Gasteiger partial charge in [0.25, 0.3) is 0 Å². The van der Waals surface area contributed by atoms with Gasteiger partial charge < -0.3 is 44.8 Å². The number of amides is 5. The third-order valence-corrected chi connectivity index (χ3v) is 11.7. The molecule has 8 atom stereocenters. The number of carbonyl (C=O) groups is 4. The van der Waals surface area contributed by atoms with Crippen LogP contribution in [0.5, 0.6) is 0 Å². The Bertz CT molecular complexity index is 1360. The third-order valence-electron chi connectivity index (χ3n) is 11.7. The van der Waals surface area contributed by atoms with Gasteiger partial charge in [-0.25, -0.2) is 4.79 Å². The molecule has 2 aliphatic heterocycles. The van der Waals surface area contributed by atoms with Gasteiger partial charge >= 0.3 is 6.03 Å². The van der Waals surface area contributed by atoms with E-state index in [0.29, 0.717) is 25.9 Å². The lowest BCUT2D eigenvalue weighted by Crippen LogP contribution is -2.65. The van der Waals surface area contributed by atoms with Crippen molar-refractivity contribution in [2.75, 3.05) is 61.1 Å². The topological polar surface area (TPSA) is 144 Å². The standard InChI is InChI=1S/C41H70N6O7/c1-12-28(4)36(45(9)39(51)35(27(2)3)43-40(52)47-22-21-44(8)26-41(47,6)7)33(53-10)24-34(49)46-20-16-19-32(46)37(54-11)29(5)38(50)42-31(25-48)23-30-17-14-13-15-18-30/h13-15,17-18,27-29,31-33,35-37,48H,12,16,19-26H2,1-11H3,(H,42,50)(H,43,52)/t28-,29+,31-,32-,33+,35-,36-,37+/m0/s1. The van der Waals surface area contributed by atoms with Crippen molar-refractivity contribution in [3.8, 4) is 0 Å². The molecule has 2 aliphatic rings. The number of nitrogens with one attached hydrogen (secondary N) is 2. The first-order chi connectivity index (χ1) is 25.5. The monoisotopic (exact) mass is 759 g/mol. The first-order valence-electron chi connectivity index (χ1n) is 19.8. The molecule has 3 rings (SSSR count). The highest BCUT2D eigenvalue weighted by molar-refractivity contribution is 5.88. The summed E-state index contributed by atoms with van der Waals surface area (Å²) in [5.74, 6) is -1.38. The molecule has 0 spiro atoms. The van der Waals surface area contributed by atoms with Gasteiger partial charge in [0.2, 0.25) is 17.7 Å². The van der Waals surface area contributed by atoms with Crippen LogP contribution in [0.1, 0.15) is 79.7 Å². The van der Waals surface area contributed by atoms with E-state index in [-0.39, 0.29) is 54.7 Å². The van der Waals surface area contributed by atoms with Crippen molar-refractivity contribution in [2.45, 2.75) is 122 Å². The van der Waals surface area contributed by atoms with Gasteiger partial charge in [0.15, 0.2) is 0 Å². The predicted octanol–water partition coefficient (Wildman–Crippen LogP) is 3.39. The minimum atomic E-state index is -0.770. The number of likely N-dealkylation sites (N-methyl/N-ethyl adjacent to an activating group) is 2. The molecule has 5 amide bonds. The molecule has 0 radical (unpaired) electrons. The van der Waals surface area contributed by atoms with E-state index in [1.165, 1.54) is 0 Å². The average Bonchev–Trinajstić information content (AvgIpc) is 3.62.